The Morgan fingerprint density at radius 2 is 1.58 bits per heavy atom. The highest BCUT2D eigenvalue weighted by molar-refractivity contribution is 6.08. The lowest BCUT2D eigenvalue weighted by Gasteiger charge is -2.10. The molecule has 2 aromatic carbocycles. The van der Waals surface area contributed by atoms with Crippen molar-refractivity contribution in [1.29, 1.82) is 0 Å². The van der Waals surface area contributed by atoms with Gasteiger partial charge in [-0.1, -0.05) is 43.0 Å². The molecule has 1 amide bonds. The number of hydrogen-bond donors (Lipinski definition) is 2. The molecule has 0 spiro atoms. The van der Waals surface area contributed by atoms with Crippen LogP contribution in [0, 0.1) is 0 Å². The van der Waals surface area contributed by atoms with Gasteiger partial charge in [0, 0.05) is 34.8 Å². The minimum Gasteiger partial charge on any atom is -0.463 e. The molecule has 0 fully saturated rings. The lowest BCUT2D eigenvalue weighted by molar-refractivity contribution is -0.121. The average Bonchev–Trinajstić information content (AvgIpc) is 3.31. The number of carbonyl (C=O) groups is 1. The van der Waals surface area contributed by atoms with Crippen LogP contribution >= 0.6 is 0 Å². The molecule has 4 rings (SSSR count). The summed E-state index contributed by atoms with van der Waals surface area (Å²) in [6.45, 7) is 4.43. The molecule has 0 aliphatic rings. The number of nitrogens with one attached hydrogen (secondary N) is 2. The maximum atomic E-state index is 12.2. The molecule has 0 aliphatic heterocycles. The number of carbonyl (C=O) groups excluding carboxylic acids is 1. The van der Waals surface area contributed by atoms with Gasteiger partial charge in [0.25, 0.3) is 0 Å². The first kappa shape index (κ1) is 16.0. The molecule has 2 aromatic heterocycles. The minimum atomic E-state index is -0.112. The van der Waals surface area contributed by atoms with E-state index in [0.717, 1.165) is 11.0 Å². The van der Waals surface area contributed by atoms with Gasteiger partial charge in [0.15, 0.2) is 5.76 Å². The number of hydrazine groups is 1. The SMILES string of the molecule is C=C(NNC(=O)CCn1c2ccccc2c2ccccc21)c1ccco1. The molecular weight excluding hydrogens is 326 g/mol. The van der Waals surface area contributed by atoms with Crippen LogP contribution in [0.5, 0.6) is 0 Å². The summed E-state index contributed by atoms with van der Waals surface area (Å²) in [5.41, 5.74) is 8.24. The zero-order chi connectivity index (χ0) is 17.9. The highest BCUT2D eigenvalue weighted by Gasteiger charge is 2.11. The Labute approximate surface area is 150 Å². The first-order valence-electron chi connectivity index (χ1n) is 8.47. The lowest BCUT2D eigenvalue weighted by atomic mass is 10.2. The van der Waals surface area contributed by atoms with Gasteiger partial charge in [-0.2, -0.15) is 0 Å². The van der Waals surface area contributed by atoms with E-state index < -0.39 is 0 Å². The van der Waals surface area contributed by atoms with Crippen molar-refractivity contribution in [2.75, 3.05) is 0 Å². The van der Waals surface area contributed by atoms with E-state index in [1.54, 1.807) is 18.4 Å². The molecule has 130 valence electrons. The van der Waals surface area contributed by atoms with Gasteiger partial charge in [0.1, 0.15) is 0 Å². The van der Waals surface area contributed by atoms with E-state index in [0.29, 0.717) is 24.4 Å². The molecule has 0 saturated heterocycles. The highest BCUT2D eigenvalue weighted by Crippen LogP contribution is 2.28. The van der Waals surface area contributed by atoms with Crippen molar-refractivity contribution in [2.45, 2.75) is 13.0 Å². The Morgan fingerprint density at radius 3 is 2.19 bits per heavy atom. The van der Waals surface area contributed by atoms with Gasteiger partial charge in [0.05, 0.1) is 12.0 Å². The molecule has 0 radical (unpaired) electrons. The normalized spacial score (nSPS) is 10.9. The number of furan rings is 1. The molecule has 2 heterocycles. The van der Waals surface area contributed by atoms with Crippen LogP contribution in [0.4, 0.5) is 0 Å². The molecule has 0 aliphatic carbocycles. The molecule has 4 aromatic rings. The quantitative estimate of drug-likeness (QED) is 0.518. The van der Waals surface area contributed by atoms with Crippen LogP contribution in [0.3, 0.4) is 0 Å². The summed E-state index contributed by atoms with van der Waals surface area (Å²) >= 11 is 0. The fourth-order valence-electron chi connectivity index (χ4n) is 3.18. The lowest BCUT2D eigenvalue weighted by Crippen LogP contribution is -2.36. The molecule has 5 heteroatoms. The number of aromatic nitrogens is 1. The van der Waals surface area contributed by atoms with Crippen LogP contribution in [-0.2, 0) is 11.3 Å². The van der Waals surface area contributed by atoms with E-state index >= 15 is 0 Å². The van der Waals surface area contributed by atoms with Crippen LogP contribution in [0.25, 0.3) is 27.5 Å². The second-order valence-corrected chi connectivity index (χ2v) is 6.06. The Hall–Kier alpha value is -3.47. The van der Waals surface area contributed by atoms with E-state index in [9.17, 15) is 4.79 Å². The summed E-state index contributed by atoms with van der Waals surface area (Å²) in [7, 11) is 0. The van der Waals surface area contributed by atoms with E-state index in [-0.39, 0.29) is 5.91 Å². The summed E-state index contributed by atoms with van der Waals surface area (Å²) in [4.78, 5) is 12.2. The van der Waals surface area contributed by atoms with Crippen molar-refractivity contribution in [1.82, 2.24) is 15.4 Å². The van der Waals surface area contributed by atoms with Crippen molar-refractivity contribution >= 4 is 33.4 Å². The second kappa shape index (κ2) is 6.80. The average molecular weight is 345 g/mol. The Kier molecular flexibility index (Phi) is 4.19. The van der Waals surface area contributed by atoms with Crippen LogP contribution in [-0.4, -0.2) is 10.5 Å². The standard InChI is InChI=1S/C21H19N3O2/c1-15(20-11-6-14-26-20)22-23-21(25)12-13-24-18-9-4-2-7-16(18)17-8-3-5-10-19(17)24/h2-11,14,22H,1,12-13H2,(H,23,25). The third-order valence-corrected chi connectivity index (χ3v) is 4.41. The molecule has 0 unspecified atom stereocenters. The van der Waals surface area contributed by atoms with Gasteiger partial charge >= 0.3 is 0 Å². The van der Waals surface area contributed by atoms with Crippen molar-refractivity contribution in [3.05, 3.63) is 79.3 Å². The van der Waals surface area contributed by atoms with Crippen LogP contribution in [0.15, 0.2) is 77.9 Å². The number of hydrogen-bond acceptors (Lipinski definition) is 3. The predicted octanol–water partition coefficient (Wildman–Crippen LogP) is 4.07. The fourth-order valence-corrected chi connectivity index (χ4v) is 3.18. The number of rotatable bonds is 6. The molecule has 26 heavy (non-hydrogen) atoms. The van der Waals surface area contributed by atoms with Crippen LogP contribution in [0.1, 0.15) is 12.2 Å². The predicted molar refractivity (Wildman–Crippen MR) is 103 cm³/mol. The maximum Gasteiger partial charge on any atom is 0.240 e. The number of fused-ring (bicyclic) bond motifs is 3. The third kappa shape index (κ3) is 2.95. The topological polar surface area (TPSA) is 59.2 Å². The molecule has 5 nitrogen and oxygen atoms in total. The van der Waals surface area contributed by atoms with E-state index in [1.807, 2.05) is 24.3 Å². The molecule has 0 bridgehead atoms. The molecular formula is C21H19N3O2. The monoisotopic (exact) mass is 345 g/mol. The number of nitrogens with zero attached hydrogens (tertiary/aromatic N) is 1. The molecule has 2 N–H and O–H groups in total. The van der Waals surface area contributed by atoms with Gasteiger partial charge in [-0.15, -0.1) is 0 Å². The number of benzene rings is 2. The van der Waals surface area contributed by atoms with Crippen molar-refractivity contribution in [3.63, 3.8) is 0 Å². The maximum absolute atomic E-state index is 12.2. The first-order chi connectivity index (χ1) is 12.7. The summed E-state index contributed by atoms with van der Waals surface area (Å²) < 4.78 is 7.41. The van der Waals surface area contributed by atoms with E-state index in [4.69, 9.17) is 4.42 Å². The van der Waals surface area contributed by atoms with Crippen LogP contribution in [0.2, 0.25) is 0 Å². The van der Waals surface area contributed by atoms with Gasteiger partial charge in [-0.25, -0.2) is 0 Å². The summed E-state index contributed by atoms with van der Waals surface area (Å²) in [6.07, 6.45) is 1.91. The van der Waals surface area contributed by atoms with Gasteiger partial charge in [-0.05, 0) is 24.3 Å². The summed E-state index contributed by atoms with van der Waals surface area (Å²) in [5, 5.41) is 2.40. The fraction of sp³-hybridized carbons (Fsp3) is 0.0952. The summed E-state index contributed by atoms with van der Waals surface area (Å²) in [6, 6.07) is 20.1. The molecule has 0 atom stereocenters. The second-order valence-electron chi connectivity index (χ2n) is 6.06. The smallest absolute Gasteiger partial charge is 0.240 e. The zero-order valence-corrected chi connectivity index (χ0v) is 14.2. The number of aryl methyl sites for hydroxylation is 1. The van der Waals surface area contributed by atoms with Crippen molar-refractivity contribution in [3.8, 4) is 0 Å². The number of amides is 1. The van der Waals surface area contributed by atoms with Gasteiger partial charge in [-0.3, -0.25) is 15.6 Å². The van der Waals surface area contributed by atoms with E-state index in [2.05, 4.69) is 46.3 Å². The number of para-hydroxylation sites is 2. The highest BCUT2D eigenvalue weighted by atomic mass is 16.3. The third-order valence-electron chi connectivity index (χ3n) is 4.41. The van der Waals surface area contributed by atoms with Crippen LogP contribution < -0.4 is 10.9 Å². The Balaban J connectivity index is 1.47. The Morgan fingerprint density at radius 1 is 0.923 bits per heavy atom. The first-order valence-corrected chi connectivity index (χ1v) is 8.47. The Bertz CT molecular complexity index is 1020. The van der Waals surface area contributed by atoms with Gasteiger partial charge < -0.3 is 8.98 Å². The zero-order valence-electron chi connectivity index (χ0n) is 14.2. The van der Waals surface area contributed by atoms with Crippen molar-refractivity contribution < 1.29 is 9.21 Å². The van der Waals surface area contributed by atoms with E-state index in [1.165, 1.54) is 10.8 Å². The van der Waals surface area contributed by atoms with Crippen molar-refractivity contribution in [2.24, 2.45) is 0 Å². The minimum absolute atomic E-state index is 0.112. The molecule has 0 saturated carbocycles. The van der Waals surface area contributed by atoms with Gasteiger partial charge in [0.2, 0.25) is 5.91 Å². The largest absolute Gasteiger partial charge is 0.463 e. The summed E-state index contributed by atoms with van der Waals surface area (Å²) in [5.74, 6) is 0.479.